The molecule has 0 saturated carbocycles. The van der Waals surface area contributed by atoms with Gasteiger partial charge in [0.05, 0.1) is 23.3 Å². The molecule has 2 aliphatic heterocycles. The van der Waals surface area contributed by atoms with Crippen LogP contribution in [0.5, 0.6) is 0 Å². The van der Waals surface area contributed by atoms with Crippen LogP contribution in [0, 0.1) is 0 Å². The van der Waals surface area contributed by atoms with Crippen LogP contribution in [-0.4, -0.2) is 73.2 Å². The predicted molar refractivity (Wildman–Crippen MR) is 120 cm³/mol. The number of rotatable bonds is 5. The van der Waals surface area contributed by atoms with Gasteiger partial charge >= 0.3 is 0 Å². The van der Waals surface area contributed by atoms with E-state index in [1.807, 2.05) is 30.3 Å². The lowest BCUT2D eigenvalue weighted by Gasteiger charge is -2.33. The fourth-order valence-electron chi connectivity index (χ4n) is 4.22. The average Bonchev–Trinajstić information content (AvgIpc) is 3.25. The first kappa shape index (κ1) is 22.4. The van der Waals surface area contributed by atoms with Gasteiger partial charge in [-0.05, 0) is 36.1 Å². The second-order valence-electron chi connectivity index (χ2n) is 8.06. The molecule has 0 radical (unpaired) electrons. The fourth-order valence-corrected chi connectivity index (χ4v) is 5.79. The standard InChI is InChI=1S/C23H27N3O5S/c1-31-24-19-15-22(23(28)25-13-11-20(27)12-14-25)26(16-19)32(29,30)21-9-7-18(8-10-21)17-5-3-2-4-6-17/h2-10,20,22,27H,11-16H2,1H3/t22-/m0/s1. The smallest absolute Gasteiger partial charge is 0.244 e. The van der Waals surface area contributed by atoms with E-state index in [2.05, 4.69) is 5.16 Å². The molecule has 2 fully saturated rings. The van der Waals surface area contributed by atoms with E-state index < -0.39 is 22.2 Å². The van der Waals surface area contributed by atoms with Crippen LogP contribution in [0.1, 0.15) is 19.3 Å². The first-order valence-electron chi connectivity index (χ1n) is 10.6. The number of aliphatic hydroxyl groups excluding tert-OH is 1. The van der Waals surface area contributed by atoms with E-state index in [1.54, 1.807) is 29.2 Å². The summed E-state index contributed by atoms with van der Waals surface area (Å²) in [6, 6.07) is 15.5. The Hall–Kier alpha value is -2.75. The Morgan fingerprint density at radius 3 is 2.28 bits per heavy atom. The summed E-state index contributed by atoms with van der Waals surface area (Å²) in [7, 11) is -2.53. The van der Waals surface area contributed by atoms with Gasteiger partial charge in [0.2, 0.25) is 15.9 Å². The van der Waals surface area contributed by atoms with Gasteiger partial charge in [0.1, 0.15) is 13.2 Å². The number of benzene rings is 2. The summed E-state index contributed by atoms with van der Waals surface area (Å²) in [6.07, 6.45) is 0.750. The van der Waals surface area contributed by atoms with E-state index in [9.17, 15) is 18.3 Å². The van der Waals surface area contributed by atoms with Gasteiger partial charge in [-0.2, -0.15) is 4.31 Å². The Morgan fingerprint density at radius 1 is 1.03 bits per heavy atom. The monoisotopic (exact) mass is 457 g/mol. The van der Waals surface area contributed by atoms with Crippen molar-refractivity contribution in [1.29, 1.82) is 0 Å². The molecule has 0 unspecified atom stereocenters. The predicted octanol–water partition coefficient (Wildman–Crippen LogP) is 2.10. The highest BCUT2D eigenvalue weighted by Crippen LogP contribution is 2.29. The molecular weight excluding hydrogens is 430 g/mol. The number of carbonyl (C=O) groups excluding carboxylic acids is 1. The highest BCUT2D eigenvalue weighted by molar-refractivity contribution is 7.89. The maximum Gasteiger partial charge on any atom is 0.244 e. The number of hydrogen-bond donors (Lipinski definition) is 1. The molecule has 1 amide bonds. The number of aliphatic hydroxyl groups is 1. The topological polar surface area (TPSA) is 99.5 Å². The number of hydrogen-bond acceptors (Lipinski definition) is 6. The van der Waals surface area contributed by atoms with E-state index in [-0.39, 0.29) is 23.8 Å². The minimum atomic E-state index is -3.93. The van der Waals surface area contributed by atoms with Crippen LogP contribution >= 0.6 is 0 Å². The maximum atomic E-state index is 13.5. The van der Waals surface area contributed by atoms with Gasteiger partial charge in [0.15, 0.2) is 0 Å². The summed E-state index contributed by atoms with van der Waals surface area (Å²) < 4.78 is 28.2. The highest BCUT2D eigenvalue weighted by Gasteiger charge is 2.44. The molecule has 2 aliphatic rings. The summed E-state index contributed by atoms with van der Waals surface area (Å²) in [5, 5.41) is 13.7. The Morgan fingerprint density at radius 2 is 1.66 bits per heavy atom. The van der Waals surface area contributed by atoms with Crippen LogP contribution in [-0.2, 0) is 19.7 Å². The zero-order chi connectivity index (χ0) is 22.7. The lowest BCUT2D eigenvalue weighted by molar-refractivity contribution is -0.136. The zero-order valence-corrected chi connectivity index (χ0v) is 18.7. The first-order valence-corrected chi connectivity index (χ1v) is 12.1. The number of carbonyl (C=O) groups is 1. The van der Waals surface area contributed by atoms with Gasteiger partial charge in [0.25, 0.3) is 0 Å². The molecule has 4 rings (SSSR count). The van der Waals surface area contributed by atoms with Crippen molar-refractivity contribution >= 4 is 21.6 Å². The second-order valence-corrected chi connectivity index (χ2v) is 9.95. The summed E-state index contributed by atoms with van der Waals surface area (Å²) >= 11 is 0. The number of oxime groups is 1. The molecule has 0 aliphatic carbocycles. The number of likely N-dealkylation sites (tertiary alicyclic amines) is 1. The van der Waals surface area contributed by atoms with E-state index in [4.69, 9.17) is 4.84 Å². The van der Waals surface area contributed by atoms with E-state index in [0.717, 1.165) is 11.1 Å². The van der Waals surface area contributed by atoms with Crippen molar-refractivity contribution < 1.29 is 23.2 Å². The fraction of sp³-hybridized carbons (Fsp3) is 0.391. The number of amides is 1. The van der Waals surface area contributed by atoms with Gasteiger partial charge in [-0.1, -0.05) is 47.6 Å². The zero-order valence-electron chi connectivity index (χ0n) is 17.9. The second kappa shape index (κ2) is 9.40. The van der Waals surface area contributed by atoms with E-state index in [1.165, 1.54) is 11.4 Å². The van der Waals surface area contributed by atoms with Gasteiger partial charge in [-0.25, -0.2) is 8.42 Å². The maximum absolute atomic E-state index is 13.5. The van der Waals surface area contributed by atoms with Crippen molar-refractivity contribution in [2.24, 2.45) is 5.16 Å². The minimum Gasteiger partial charge on any atom is -0.399 e. The molecule has 0 aromatic heterocycles. The third-order valence-electron chi connectivity index (χ3n) is 5.96. The Kier molecular flexibility index (Phi) is 6.59. The lowest BCUT2D eigenvalue weighted by atomic mass is 10.1. The first-order chi connectivity index (χ1) is 15.4. The van der Waals surface area contributed by atoms with Crippen molar-refractivity contribution in [1.82, 2.24) is 9.21 Å². The summed E-state index contributed by atoms with van der Waals surface area (Å²) in [5.41, 5.74) is 2.41. The van der Waals surface area contributed by atoms with Crippen LogP contribution in [0.3, 0.4) is 0 Å². The summed E-state index contributed by atoms with van der Waals surface area (Å²) in [6.45, 7) is 0.823. The van der Waals surface area contributed by atoms with Crippen LogP contribution in [0.2, 0.25) is 0 Å². The van der Waals surface area contributed by atoms with Gasteiger partial charge in [-0.15, -0.1) is 0 Å². The molecule has 0 bridgehead atoms. The van der Waals surface area contributed by atoms with Gasteiger partial charge in [0, 0.05) is 19.5 Å². The average molecular weight is 458 g/mol. The van der Waals surface area contributed by atoms with E-state index in [0.29, 0.717) is 31.6 Å². The Balaban J connectivity index is 1.60. The van der Waals surface area contributed by atoms with Crippen LogP contribution in [0.25, 0.3) is 11.1 Å². The lowest BCUT2D eigenvalue weighted by Crippen LogP contribution is -2.50. The molecule has 170 valence electrons. The SMILES string of the molecule is CON=C1C[C@@H](C(=O)N2CCC(O)CC2)N(S(=O)(=O)c2ccc(-c3ccccc3)cc2)C1. The minimum absolute atomic E-state index is 0.00345. The van der Waals surface area contributed by atoms with Crippen molar-refractivity contribution in [3.8, 4) is 11.1 Å². The molecule has 2 saturated heterocycles. The molecular formula is C23H27N3O5S. The molecule has 1 atom stereocenters. The summed E-state index contributed by atoms with van der Waals surface area (Å²) in [5.74, 6) is -0.261. The number of sulfonamides is 1. The van der Waals surface area contributed by atoms with Gasteiger partial charge in [-0.3, -0.25) is 4.79 Å². The number of nitrogens with zero attached hydrogens (tertiary/aromatic N) is 3. The third kappa shape index (κ3) is 4.55. The van der Waals surface area contributed by atoms with Gasteiger partial charge < -0.3 is 14.8 Å². The van der Waals surface area contributed by atoms with Crippen LogP contribution < -0.4 is 0 Å². The normalized spacial score (nSPS) is 21.8. The van der Waals surface area contributed by atoms with Crippen molar-refractivity contribution in [3.05, 3.63) is 54.6 Å². The third-order valence-corrected chi connectivity index (χ3v) is 7.83. The van der Waals surface area contributed by atoms with Crippen LogP contribution in [0.4, 0.5) is 0 Å². The van der Waals surface area contributed by atoms with Crippen molar-refractivity contribution in [3.63, 3.8) is 0 Å². The quantitative estimate of drug-likeness (QED) is 0.694. The molecule has 2 aromatic rings. The van der Waals surface area contributed by atoms with Crippen LogP contribution in [0.15, 0.2) is 64.6 Å². The highest BCUT2D eigenvalue weighted by atomic mass is 32.2. The van der Waals surface area contributed by atoms with Crippen molar-refractivity contribution in [2.45, 2.75) is 36.3 Å². The molecule has 2 aromatic carbocycles. The van der Waals surface area contributed by atoms with Crippen molar-refractivity contribution in [2.75, 3.05) is 26.7 Å². The molecule has 32 heavy (non-hydrogen) atoms. The summed E-state index contributed by atoms with van der Waals surface area (Å²) in [4.78, 5) is 19.8. The molecule has 9 heteroatoms. The van der Waals surface area contributed by atoms with E-state index >= 15 is 0 Å². The largest absolute Gasteiger partial charge is 0.399 e. The molecule has 0 spiro atoms. The Labute approximate surface area is 188 Å². The molecule has 2 heterocycles. The molecule has 1 N–H and O–H groups in total. The number of piperidine rings is 1. The molecule has 8 nitrogen and oxygen atoms in total. The Bertz CT molecular complexity index is 1080.